The topological polar surface area (TPSA) is 57.7 Å². The number of halogens is 1. The molecule has 144 valence electrons. The molecule has 0 saturated carbocycles. The summed E-state index contributed by atoms with van der Waals surface area (Å²) in [6.45, 7) is 3.58. The number of rotatable bonds is 2. The number of hydrogen-bond acceptors (Lipinski definition) is 5. The Morgan fingerprint density at radius 1 is 1.26 bits per heavy atom. The summed E-state index contributed by atoms with van der Waals surface area (Å²) >= 11 is 1.62. The average molecular weight is 390 g/mol. The first-order valence-electron chi connectivity index (χ1n) is 9.33. The van der Waals surface area contributed by atoms with Crippen molar-refractivity contribution in [3.05, 3.63) is 41.2 Å². The summed E-state index contributed by atoms with van der Waals surface area (Å²) in [6.07, 6.45) is 4.26. The number of urea groups is 1. The van der Waals surface area contributed by atoms with Crippen LogP contribution in [0, 0.1) is 5.82 Å². The van der Waals surface area contributed by atoms with Crippen LogP contribution < -0.4 is 15.0 Å². The molecule has 6 nitrogen and oxygen atoms in total. The molecule has 27 heavy (non-hydrogen) atoms. The van der Waals surface area contributed by atoms with Gasteiger partial charge in [0, 0.05) is 43.3 Å². The van der Waals surface area contributed by atoms with Crippen molar-refractivity contribution < 1.29 is 13.9 Å². The molecule has 8 heteroatoms. The smallest absolute Gasteiger partial charge is 0.317 e. The maximum Gasteiger partial charge on any atom is 0.317 e. The molecule has 1 atom stereocenters. The highest BCUT2D eigenvalue weighted by atomic mass is 32.1. The van der Waals surface area contributed by atoms with Crippen LogP contribution in [0.15, 0.2) is 29.8 Å². The Hall–Kier alpha value is -2.35. The highest BCUT2D eigenvalue weighted by Crippen LogP contribution is 2.32. The summed E-state index contributed by atoms with van der Waals surface area (Å²) < 4.78 is 19.4. The highest BCUT2D eigenvalue weighted by molar-refractivity contribution is 7.13. The van der Waals surface area contributed by atoms with E-state index < -0.39 is 0 Å². The Kier molecular flexibility index (Phi) is 5.42. The Balaban J connectivity index is 1.42. The van der Waals surface area contributed by atoms with Crippen molar-refractivity contribution in [3.8, 4) is 5.75 Å². The predicted octanol–water partition coefficient (Wildman–Crippen LogP) is 3.42. The number of carbonyl (C=O) groups excluding carboxylic acids is 1. The first kappa shape index (κ1) is 18.0. The molecule has 2 amide bonds. The number of nitrogens with one attached hydrogen (secondary N) is 1. The SMILES string of the molecule is O=C(NC1CCCOc2ccc(F)cc21)N1CCCN(c2nccs2)CC1. The van der Waals surface area contributed by atoms with Crippen LogP contribution in [0.3, 0.4) is 0 Å². The van der Waals surface area contributed by atoms with E-state index in [0.717, 1.165) is 43.0 Å². The number of ether oxygens (including phenoxy) is 1. The average Bonchev–Trinajstić information content (AvgIpc) is 2.99. The van der Waals surface area contributed by atoms with Gasteiger partial charge in [-0.25, -0.2) is 14.2 Å². The third-order valence-corrected chi connectivity index (χ3v) is 5.84. The molecule has 1 saturated heterocycles. The van der Waals surface area contributed by atoms with E-state index in [9.17, 15) is 9.18 Å². The molecule has 0 radical (unpaired) electrons. The number of aromatic nitrogens is 1. The van der Waals surface area contributed by atoms with Crippen molar-refractivity contribution in [1.29, 1.82) is 0 Å². The van der Waals surface area contributed by atoms with E-state index in [2.05, 4.69) is 15.2 Å². The van der Waals surface area contributed by atoms with Crippen molar-refractivity contribution in [3.63, 3.8) is 0 Å². The van der Waals surface area contributed by atoms with E-state index in [4.69, 9.17) is 4.74 Å². The minimum atomic E-state index is -0.313. The fraction of sp³-hybridized carbons (Fsp3) is 0.474. The molecule has 0 aliphatic carbocycles. The predicted molar refractivity (Wildman–Crippen MR) is 103 cm³/mol. The summed E-state index contributed by atoms with van der Waals surface area (Å²) in [7, 11) is 0. The van der Waals surface area contributed by atoms with E-state index in [1.807, 2.05) is 10.3 Å². The number of benzene rings is 1. The number of amides is 2. The molecule has 3 heterocycles. The second-order valence-corrected chi connectivity index (χ2v) is 7.69. The molecule has 1 aromatic heterocycles. The molecule has 2 aliphatic rings. The van der Waals surface area contributed by atoms with Gasteiger partial charge in [-0.1, -0.05) is 0 Å². The lowest BCUT2D eigenvalue weighted by molar-refractivity contribution is 0.196. The molecule has 1 aromatic carbocycles. The molecular weight excluding hydrogens is 367 g/mol. The molecule has 1 unspecified atom stereocenters. The third-order valence-electron chi connectivity index (χ3n) is 5.01. The number of hydrogen-bond donors (Lipinski definition) is 1. The first-order valence-corrected chi connectivity index (χ1v) is 10.2. The largest absolute Gasteiger partial charge is 0.493 e. The van der Waals surface area contributed by atoms with Crippen LogP contribution in [-0.2, 0) is 0 Å². The zero-order valence-electron chi connectivity index (χ0n) is 15.1. The van der Waals surface area contributed by atoms with Crippen LogP contribution in [0.1, 0.15) is 30.9 Å². The van der Waals surface area contributed by atoms with Gasteiger partial charge in [0.25, 0.3) is 0 Å². The van der Waals surface area contributed by atoms with Crippen LogP contribution in [0.25, 0.3) is 0 Å². The van der Waals surface area contributed by atoms with Crippen molar-refractivity contribution in [2.75, 3.05) is 37.7 Å². The summed E-state index contributed by atoms with van der Waals surface area (Å²) in [5.74, 6) is 0.345. The monoisotopic (exact) mass is 390 g/mol. The van der Waals surface area contributed by atoms with Crippen LogP contribution in [-0.4, -0.2) is 48.7 Å². The Labute approximate surface area is 161 Å². The number of carbonyl (C=O) groups is 1. The van der Waals surface area contributed by atoms with Crippen molar-refractivity contribution in [2.24, 2.45) is 0 Å². The fourth-order valence-electron chi connectivity index (χ4n) is 3.62. The van der Waals surface area contributed by atoms with Crippen molar-refractivity contribution >= 4 is 22.5 Å². The minimum absolute atomic E-state index is 0.0990. The van der Waals surface area contributed by atoms with Gasteiger partial charge in [0.1, 0.15) is 11.6 Å². The lowest BCUT2D eigenvalue weighted by Gasteiger charge is -2.25. The van der Waals surface area contributed by atoms with Crippen LogP contribution in [0.4, 0.5) is 14.3 Å². The standard InChI is InChI=1S/C19H23FN4O2S/c20-14-4-5-17-15(13-14)16(3-1-11-26-17)22-18(25)23-7-2-8-24(10-9-23)19-21-6-12-27-19/h4-6,12-13,16H,1-3,7-11H2,(H,22,25). The van der Waals surface area contributed by atoms with Crippen molar-refractivity contribution in [1.82, 2.24) is 15.2 Å². The van der Waals surface area contributed by atoms with Gasteiger partial charge in [-0.2, -0.15) is 0 Å². The van der Waals surface area contributed by atoms with Gasteiger partial charge in [-0.3, -0.25) is 0 Å². The molecule has 0 spiro atoms. The number of fused-ring (bicyclic) bond motifs is 1. The van der Waals surface area contributed by atoms with Gasteiger partial charge in [0.05, 0.1) is 12.6 Å². The van der Waals surface area contributed by atoms with Gasteiger partial charge in [-0.05, 0) is 37.5 Å². The van der Waals surface area contributed by atoms with Gasteiger partial charge in [-0.15, -0.1) is 11.3 Å². The summed E-state index contributed by atoms with van der Waals surface area (Å²) in [5.41, 5.74) is 0.722. The molecule has 2 aliphatic heterocycles. The molecule has 4 rings (SSSR count). The Morgan fingerprint density at radius 2 is 2.19 bits per heavy atom. The van der Waals surface area contributed by atoms with Gasteiger partial charge in [0.15, 0.2) is 5.13 Å². The maximum atomic E-state index is 13.7. The fourth-order valence-corrected chi connectivity index (χ4v) is 4.32. The molecule has 1 N–H and O–H groups in total. The number of thiazole rings is 1. The Bertz CT molecular complexity index is 786. The number of nitrogens with zero attached hydrogens (tertiary/aromatic N) is 3. The molecule has 0 bridgehead atoms. The first-order chi connectivity index (χ1) is 13.2. The summed E-state index contributed by atoms with van der Waals surface area (Å²) in [6, 6.07) is 4.18. The van der Waals surface area contributed by atoms with Gasteiger partial charge < -0.3 is 19.9 Å². The lowest BCUT2D eigenvalue weighted by atomic mass is 10.0. The van der Waals surface area contributed by atoms with Crippen molar-refractivity contribution in [2.45, 2.75) is 25.3 Å². The molecule has 2 aromatic rings. The second kappa shape index (κ2) is 8.12. The van der Waals surface area contributed by atoms with Crippen LogP contribution in [0.2, 0.25) is 0 Å². The zero-order valence-corrected chi connectivity index (χ0v) is 15.9. The van der Waals surface area contributed by atoms with Crippen LogP contribution >= 0.6 is 11.3 Å². The zero-order chi connectivity index (χ0) is 18.6. The van der Waals surface area contributed by atoms with Gasteiger partial charge in [0.2, 0.25) is 0 Å². The number of anilines is 1. The van der Waals surface area contributed by atoms with Gasteiger partial charge >= 0.3 is 6.03 Å². The Morgan fingerprint density at radius 3 is 3.04 bits per heavy atom. The third kappa shape index (κ3) is 4.16. The molecule has 1 fully saturated rings. The highest BCUT2D eigenvalue weighted by Gasteiger charge is 2.26. The quantitative estimate of drug-likeness (QED) is 0.854. The summed E-state index contributed by atoms with van der Waals surface area (Å²) in [4.78, 5) is 21.3. The molecular formula is C19H23FN4O2S. The summed E-state index contributed by atoms with van der Waals surface area (Å²) in [5, 5.41) is 6.07. The lowest BCUT2D eigenvalue weighted by Crippen LogP contribution is -2.43. The van der Waals surface area contributed by atoms with Crippen LogP contribution in [0.5, 0.6) is 5.75 Å². The second-order valence-electron chi connectivity index (χ2n) is 6.82. The normalized spacial score (nSPS) is 20.3. The van der Waals surface area contributed by atoms with E-state index in [-0.39, 0.29) is 17.9 Å². The van der Waals surface area contributed by atoms with E-state index in [1.54, 1.807) is 23.6 Å². The maximum absolute atomic E-state index is 13.7. The van der Waals surface area contributed by atoms with E-state index >= 15 is 0 Å². The minimum Gasteiger partial charge on any atom is -0.493 e. The van der Waals surface area contributed by atoms with E-state index in [0.29, 0.717) is 25.4 Å². The van der Waals surface area contributed by atoms with E-state index in [1.165, 1.54) is 12.1 Å².